The van der Waals surface area contributed by atoms with Gasteiger partial charge in [0.25, 0.3) is 0 Å². The first-order chi connectivity index (χ1) is 4.43. The van der Waals surface area contributed by atoms with Crippen molar-refractivity contribution in [3.8, 4) is 5.75 Å². The van der Waals surface area contributed by atoms with Crippen molar-refractivity contribution in [3.63, 3.8) is 0 Å². The zero-order chi connectivity index (χ0) is 6.53. The van der Waals surface area contributed by atoms with Crippen molar-refractivity contribution in [1.29, 1.82) is 0 Å². The molecule has 0 aromatic heterocycles. The SMILES string of the molecule is C[CH-]Oc1[c-]cccc1.[Y]. The zero-order valence-electron chi connectivity index (χ0n) is 5.87. The second-order valence-corrected chi connectivity index (χ2v) is 1.58. The molecule has 2 heteroatoms. The summed E-state index contributed by atoms with van der Waals surface area (Å²) in [6, 6.07) is 10.4. The van der Waals surface area contributed by atoms with Crippen molar-refractivity contribution < 1.29 is 37.4 Å². The van der Waals surface area contributed by atoms with Crippen LogP contribution < -0.4 is 4.74 Å². The Hall–Kier alpha value is 0.124. The number of benzene rings is 1. The summed E-state index contributed by atoms with van der Waals surface area (Å²) in [6.45, 7) is 3.46. The van der Waals surface area contributed by atoms with Crippen molar-refractivity contribution in [2.24, 2.45) is 0 Å². The molecule has 0 atom stereocenters. The number of hydrogen-bond donors (Lipinski definition) is 0. The van der Waals surface area contributed by atoms with Crippen LogP contribution in [0.25, 0.3) is 0 Å². The summed E-state index contributed by atoms with van der Waals surface area (Å²) in [6.07, 6.45) is 0. The Balaban J connectivity index is 0.000000810. The Kier molecular flexibility index (Phi) is 5.95. The van der Waals surface area contributed by atoms with Crippen molar-refractivity contribution >= 4 is 0 Å². The standard InChI is InChI=1S/C8H8O.Y/c1-2-9-8-6-4-3-5-7-8;/h2-6H,1H3;/q-2;. The minimum atomic E-state index is 0. The molecular weight excluding hydrogens is 201 g/mol. The zero-order valence-corrected chi connectivity index (χ0v) is 8.71. The van der Waals surface area contributed by atoms with Gasteiger partial charge in [0, 0.05) is 32.7 Å². The van der Waals surface area contributed by atoms with Gasteiger partial charge in [0.05, 0.1) is 0 Å². The summed E-state index contributed by atoms with van der Waals surface area (Å²) in [5.74, 6) is 0.764. The fourth-order valence-corrected chi connectivity index (χ4v) is 0.577. The molecule has 0 fully saturated rings. The Labute approximate surface area is 86.7 Å². The largest absolute Gasteiger partial charge is 0.680 e. The molecule has 1 aromatic rings. The van der Waals surface area contributed by atoms with E-state index in [2.05, 4.69) is 6.07 Å². The first-order valence-corrected chi connectivity index (χ1v) is 2.84. The van der Waals surface area contributed by atoms with E-state index >= 15 is 0 Å². The molecule has 0 unspecified atom stereocenters. The van der Waals surface area contributed by atoms with E-state index < -0.39 is 0 Å². The summed E-state index contributed by atoms with van der Waals surface area (Å²) in [5.41, 5.74) is 0. The number of ether oxygens (including phenoxy) is 1. The van der Waals surface area contributed by atoms with E-state index in [9.17, 15) is 0 Å². The van der Waals surface area contributed by atoms with Crippen LogP contribution in [0.2, 0.25) is 0 Å². The summed E-state index contributed by atoms with van der Waals surface area (Å²) < 4.78 is 5.03. The Morgan fingerprint density at radius 1 is 1.50 bits per heavy atom. The number of para-hydroxylation sites is 1. The Morgan fingerprint density at radius 3 is 2.80 bits per heavy atom. The van der Waals surface area contributed by atoms with Crippen LogP contribution in [0.15, 0.2) is 24.3 Å². The van der Waals surface area contributed by atoms with Gasteiger partial charge in [-0.25, -0.2) is 0 Å². The van der Waals surface area contributed by atoms with Gasteiger partial charge in [-0.1, -0.05) is 0 Å². The normalized spacial score (nSPS) is 8.10. The predicted octanol–water partition coefficient (Wildman–Crippen LogP) is 2.04. The molecule has 1 aromatic carbocycles. The quantitative estimate of drug-likeness (QED) is 0.677. The van der Waals surface area contributed by atoms with Crippen molar-refractivity contribution in [2.75, 3.05) is 0 Å². The fourth-order valence-electron chi connectivity index (χ4n) is 0.577. The fraction of sp³-hybridized carbons (Fsp3) is 0.125. The smallest absolute Gasteiger partial charge is 0 e. The third-order valence-electron chi connectivity index (χ3n) is 0.925. The van der Waals surface area contributed by atoms with Gasteiger partial charge in [-0.15, -0.1) is 12.1 Å². The third kappa shape index (κ3) is 3.33. The van der Waals surface area contributed by atoms with Crippen LogP contribution in [-0.2, 0) is 32.7 Å². The van der Waals surface area contributed by atoms with Gasteiger partial charge < -0.3 is 4.74 Å². The summed E-state index contributed by atoms with van der Waals surface area (Å²) in [5, 5.41) is 0. The average Bonchev–Trinajstić information content (AvgIpc) is 1.91. The van der Waals surface area contributed by atoms with Gasteiger partial charge in [-0.2, -0.15) is 31.7 Å². The molecule has 1 rings (SSSR count). The van der Waals surface area contributed by atoms with Gasteiger partial charge in [-0.3, -0.25) is 0 Å². The van der Waals surface area contributed by atoms with Crippen LogP contribution >= 0.6 is 0 Å². The average molecular weight is 209 g/mol. The molecule has 0 N–H and O–H groups in total. The van der Waals surface area contributed by atoms with Gasteiger partial charge in [0.15, 0.2) is 0 Å². The van der Waals surface area contributed by atoms with Gasteiger partial charge in [-0.05, 0) is 5.75 Å². The molecule has 0 saturated carbocycles. The maximum atomic E-state index is 5.03. The van der Waals surface area contributed by atoms with E-state index in [1.54, 1.807) is 6.61 Å². The molecule has 0 heterocycles. The topological polar surface area (TPSA) is 9.23 Å². The number of hydrogen-bond acceptors (Lipinski definition) is 1. The maximum absolute atomic E-state index is 5.03. The molecule has 0 saturated heterocycles. The minimum Gasteiger partial charge on any atom is -0.680 e. The third-order valence-corrected chi connectivity index (χ3v) is 0.925. The second-order valence-electron chi connectivity index (χ2n) is 1.58. The first-order valence-electron chi connectivity index (χ1n) is 2.84. The summed E-state index contributed by atoms with van der Waals surface area (Å²) in [4.78, 5) is 0. The summed E-state index contributed by atoms with van der Waals surface area (Å²) >= 11 is 0. The van der Waals surface area contributed by atoms with Crippen LogP contribution in [0, 0.1) is 12.7 Å². The van der Waals surface area contributed by atoms with Crippen molar-refractivity contribution in [1.82, 2.24) is 0 Å². The Morgan fingerprint density at radius 2 is 2.30 bits per heavy atom. The molecule has 0 amide bonds. The van der Waals surface area contributed by atoms with Gasteiger partial charge in [0.2, 0.25) is 0 Å². The monoisotopic (exact) mass is 209 g/mol. The van der Waals surface area contributed by atoms with E-state index in [-0.39, 0.29) is 32.7 Å². The van der Waals surface area contributed by atoms with Crippen molar-refractivity contribution in [3.05, 3.63) is 36.9 Å². The second kappa shape index (κ2) is 5.88. The first kappa shape index (κ1) is 10.1. The minimum absolute atomic E-state index is 0. The van der Waals surface area contributed by atoms with E-state index in [4.69, 9.17) is 4.74 Å². The molecule has 0 aliphatic rings. The van der Waals surface area contributed by atoms with Gasteiger partial charge in [0.1, 0.15) is 0 Å². The maximum Gasteiger partial charge on any atom is 0 e. The molecule has 0 bridgehead atoms. The van der Waals surface area contributed by atoms with Crippen LogP contribution in [0.4, 0.5) is 0 Å². The van der Waals surface area contributed by atoms with Crippen LogP contribution in [0.1, 0.15) is 6.92 Å². The molecule has 0 spiro atoms. The predicted molar refractivity (Wildman–Crippen MR) is 35.9 cm³/mol. The molecule has 0 aliphatic heterocycles. The molecule has 51 valence electrons. The molecular formula is C8H8OY-2. The molecule has 0 aliphatic carbocycles. The van der Waals surface area contributed by atoms with Gasteiger partial charge >= 0.3 is 0 Å². The van der Waals surface area contributed by atoms with E-state index in [0.717, 1.165) is 5.75 Å². The van der Waals surface area contributed by atoms with E-state index in [1.807, 2.05) is 31.2 Å². The van der Waals surface area contributed by atoms with E-state index in [0.29, 0.717) is 0 Å². The Bertz CT molecular complexity index is 162. The molecule has 1 radical (unpaired) electrons. The van der Waals surface area contributed by atoms with Crippen LogP contribution in [0.5, 0.6) is 5.75 Å². The van der Waals surface area contributed by atoms with Crippen LogP contribution in [0.3, 0.4) is 0 Å². The summed E-state index contributed by atoms with van der Waals surface area (Å²) in [7, 11) is 0. The van der Waals surface area contributed by atoms with E-state index in [1.165, 1.54) is 0 Å². The molecule has 10 heavy (non-hydrogen) atoms. The van der Waals surface area contributed by atoms with Crippen LogP contribution in [-0.4, -0.2) is 0 Å². The van der Waals surface area contributed by atoms with Crippen molar-refractivity contribution in [2.45, 2.75) is 6.92 Å². The number of rotatable bonds is 2. The molecule has 1 nitrogen and oxygen atoms in total.